The molecule has 1 N–H and O–H groups in total. The van der Waals surface area contributed by atoms with E-state index in [4.69, 9.17) is 20.6 Å². The first kappa shape index (κ1) is 18.4. The van der Waals surface area contributed by atoms with Crippen LogP contribution in [0.4, 0.5) is 11.4 Å². The zero-order valence-corrected chi connectivity index (χ0v) is 14.7. The quantitative estimate of drug-likeness (QED) is 0.426. The smallest absolute Gasteiger partial charge is 0.356 e. The lowest BCUT2D eigenvalue weighted by Crippen LogP contribution is -2.14. The Bertz CT molecular complexity index is 764. The highest BCUT2D eigenvalue weighted by molar-refractivity contribution is 7.54. The van der Waals surface area contributed by atoms with E-state index in [1.54, 1.807) is 30.3 Å². The van der Waals surface area contributed by atoms with Crippen LogP contribution >= 0.6 is 19.2 Å². The molecule has 9 heteroatoms. The first-order valence-corrected chi connectivity index (χ1v) is 8.87. The molecule has 0 fully saturated rings. The van der Waals surface area contributed by atoms with Crippen LogP contribution in [0.3, 0.4) is 0 Å². The minimum atomic E-state index is -3.61. The van der Waals surface area contributed by atoms with Crippen LogP contribution in [0.15, 0.2) is 48.5 Å². The summed E-state index contributed by atoms with van der Waals surface area (Å²) in [7, 11) is -1.08. The van der Waals surface area contributed by atoms with Crippen molar-refractivity contribution in [3.8, 4) is 0 Å². The molecule has 0 aliphatic carbocycles. The van der Waals surface area contributed by atoms with Crippen molar-refractivity contribution in [2.45, 2.75) is 5.78 Å². The molecular weight excluding hydrogens is 355 g/mol. The van der Waals surface area contributed by atoms with Crippen molar-refractivity contribution in [1.82, 2.24) is 0 Å². The van der Waals surface area contributed by atoms with Gasteiger partial charge in [-0.25, -0.2) is 0 Å². The van der Waals surface area contributed by atoms with Crippen LogP contribution in [0.1, 0.15) is 11.3 Å². The fourth-order valence-corrected chi connectivity index (χ4v) is 3.76. The zero-order chi connectivity index (χ0) is 17.7. The van der Waals surface area contributed by atoms with E-state index in [2.05, 4.69) is 5.32 Å². The summed E-state index contributed by atoms with van der Waals surface area (Å²) in [5, 5.41) is 14.4. The van der Waals surface area contributed by atoms with Crippen molar-refractivity contribution in [3.05, 3.63) is 69.2 Å². The molecule has 24 heavy (non-hydrogen) atoms. The summed E-state index contributed by atoms with van der Waals surface area (Å²) in [5.74, 6) is -0.923. The highest BCUT2D eigenvalue weighted by atomic mass is 35.5. The molecule has 2 aromatic rings. The van der Waals surface area contributed by atoms with Gasteiger partial charge in [0.1, 0.15) is 5.69 Å². The Balaban J connectivity index is 2.51. The molecule has 0 radical (unpaired) electrons. The van der Waals surface area contributed by atoms with Gasteiger partial charge in [-0.2, -0.15) is 0 Å². The lowest BCUT2D eigenvalue weighted by Gasteiger charge is -2.26. The van der Waals surface area contributed by atoms with Crippen LogP contribution in [0.5, 0.6) is 0 Å². The first-order valence-electron chi connectivity index (χ1n) is 6.88. The molecule has 0 spiro atoms. The van der Waals surface area contributed by atoms with Crippen molar-refractivity contribution in [2.24, 2.45) is 0 Å². The van der Waals surface area contributed by atoms with Crippen LogP contribution in [0.2, 0.25) is 5.02 Å². The molecule has 0 aliphatic rings. The molecule has 2 aromatic carbocycles. The number of nitro benzene ring substituents is 1. The number of nitrogens with one attached hydrogen (secondary N) is 1. The Morgan fingerprint density at radius 2 is 1.79 bits per heavy atom. The predicted octanol–water partition coefficient (Wildman–Crippen LogP) is 4.84. The Morgan fingerprint density at radius 1 is 1.17 bits per heavy atom. The van der Waals surface area contributed by atoms with E-state index in [0.29, 0.717) is 5.56 Å². The van der Waals surface area contributed by atoms with E-state index in [0.717, 1.165) is 0 Å². The van der Waals surface area contributed by atoms with Crippen LogP contribution in [0, 0.1) is 10.1 Å². The van der Waals surface area contributed by atoms with Crippen LogP contribution in [-0.4, -0.2) is 19.1 Å². The van der Waals surface area contributed by atoms with Gasteiger partial charge in [0.15, 0.2) is 5.78 Å². The molecule has 1 atom stereocenters. The highest BCUT2D eigenvalue weighted by Crippen LogP contribution is 2.60. The van der Waals surface area contributed by atoms with Gasteiger partial charge in [-0.05, 0) is 17.7 Å². The molecule has 0 heterocycles. The molecular formula is C15H16ClN2O5P. The van der Waals surface area contributed by atoms with Crippen LogP contribution < -0.4 is 5.32 Å². The highest BCUT2D eigenvalue weighted by Gasteiger charge is 2.36. The van der Waals surface area contributed by atoms with E-state index < -0.39 is 18.3 Å². The van der Waals surface area contributed by atoms with Crippen molar-refractivity contribution in [1.29, 1.82) is 0 Å². The number of rotatable bonds is 7. The molecule has 2 rings (SSSR count). The Hall–Kier alpha value is -1.92. The van der Waals surface area contributed by atoms with Gasteiger partial charge in [-0.3, -0.25) is 14.7 Å². The normalized spacial score (nSPS) is 12.6. The number of nitro groups is 1. The minimum Gasteiger partial charge on any atom is -0.362 e. The molecule has 0 amide bonds. The zero-order valence-electron chi connectivity index (χ0n) is 13.0. The lowest BCUT2D eigenvalue weighted by molar-refractivity contribution is -0.384. The summed E-state index contributed by atoms with van der Waals surface area (Å²) in [6.07, 6.45) is 0. The average molecular weight is 371 g/mol. The second kappa shape index (κ2) is 7.77. The molecule has 7 nitrogen and oxygen atoms in total. The van der Waals surface area contributed by atoms with Crippen molar-refractivity contribution in [2.75, 3.05) is 19.5 Å². The Morgan fingerprint density at radius 3 is 2.33 bits per heavy atom. The van der Waals surface area contributed by atoms with E-state index in [-0.39, 0.29) is 16.4 Å². The summed E-state index contributed by atoms with van der Waals surface area (Å²) in [6, 6.07) is 12.9. The van der Waals surface area contributed by atoms with Crippen LogP contribution in [0.25, 0.3) is 0 Å². The van der Waals surface area contributed by atoms with E-state index in [9.17, 15) is 14.7 Å². The number of anilines is 1. The Labute approximate surface area is 144 Å². The average Bonchev–Trinajstić information content (AvgIpc) is 2.60. The second-order valence-corrected chi connectivity index (χ2v) is 7.54. The van der Waals surface area contributed by atoms with Crippen molar-refractivity contribution < 1.29 is 18.5 Å². The largest absolute Gasteiger partial charge is 0.362 e. The van der Waals surface area contributed by atoms with Gasteiger partial charge in [0.25, 0.3) is 5.69 Å². The lowest BCUT2D eigenvalue weighted by atomic mass is 10.2. The molecule has 0 unspecified atom stereocenters. The maximum Gasteiger partial charge on any atom is 0.356 e. The van der Waals surface area contributed by atoms with Gasteiger partial charge in [-0.15, -0.1) is 0 Å². The molecule has 0 aliphatic heterocycles. The van der Waals surface area contributed by atoms with Crippen molar-refractivity contribution in [3.63, 3.8) is 0 Å². The fraction of sp³-hybridized carbons (Fsp3) is 0.200. The number of halogens is 1. The molecule has 128 valence electrons. The summed E-state index contributed by atoms with van der Waals surface area (Å²) in [5.41, 5.74) is 0.531. The third-order valence-electron chi connectivity index (χ3n) is 3.39. The van der Waals surface area contributed by atoms with Gasteiger partial charge < -0.3 is 14.4 Å². The second-order valence-electron chi connectivity index (χ2n) is 4.78. The van der Waals surface area contributed by atoms with Crippen LogP contribution in [-0.2, 0) is 13.6 Å². The van der Waals surface area contributed by atoms with Gasteiger partial charge >= 0.3 is 7.60 Å². The number of nitrogens with zero attached hydrogens (tertiary/aromatic N) is 1. The SMILES string of the molecule is COP(=O)(OC)[C@@H](Nc1ccc(Cl)cc1[N+](=O)[O-])c1ccccc1. The van der Waals surface area contributed by atoms with E-state index in [1.165, 1.54) is 32.4 Å². The van der Waals surface area contributed by atoms with Gasteiger partial charge in [0.2, 0.25) is 0 Å². The summed E-state index contributed by atoms with van der Waals surface area (Å²) >= 11 is 5.82. The summed E-state index contributed by atoms with van der Waals surface area (Å²) in [4.78, 5) is 10.7. The van der Waals surface area contributed by atoms with Gasteiger partial charge in [0, 0.05) is 25.3 Å². The minimum absolute atomic E-state index is 0.160. The topological polar surface area (TPSA) is 90.7 Å². The third-order valence-corrected chi connectivity index (χ3v) is 5.70. The van der Waals surface area contributed by atoms with Crippen molar-refractivity contribution >= 4 is 30.6 Å². The molecule has 0 bridgehead atoms. The number of benzene rings is 2. The van der Waals surface area contributed by atoms with Gasteiger partial charge in [0.05, 0.1) is 4.92 Å². The third kappa shape index (κ3) is 3.94. The molecule has 0 saturated heterocycles. The first-order chi connectivity index (χ1) is 11.4. The number of hydrogen-bond donors (Lipinski definition) is 1. The fourth-order valence-electron chi connectivity index (χ4n) is 2.19. The predicted molar refractivity (Wildman–Crippen MR) is 92.5 cm³/mol. The van der Waals surface area contributed by atoms with E-state index >= 15 is 0 Å². The molecule has 0 aromatic heterocycles. The summed E-state index contributed by atoms with van der Waals surface area (Å²) < 4.78 is 23.1. The van der Waals surface area contributed by atoms with Gasteiger partial charge in [-0.1, -0.05) is 41.9 Å². The monoisotopic (exact) mass is 370 g/mol. The number of hydrogen-bond acceptors (Lipinski definition) is 6. The standard InChI is InChI=1S/C15H16ClN2O5P/c1-22-24(21,23-2)15(11-6-4-3-5-7-11)17-13-9-8-12(16)10-14(13)18(19)20/h3-10,15,17H,1-2H3/t15-/m1/s1. The Kier molecular flexibility index (Phi) is 5.96. The maximum absolute atomic E-state index is 12.9. The maximum atomic E-state index is 12.9. The summed E-state index contributed by atoms with van der Waals surface area (Å²) in [6.45, 7) is 0. The molecule has 0 saturated carbocycles. The van der Waals surface area contributed by atoms with E-state index in [1.807, 2.05) is 0 Å².